The van der Waals surface area contributed by atoms with Crippen LogP contribution in [0.4, 0.5) is 0 Å². The molecule has 2 aromatic rings. The zero-order valence-corrected chi connectivity index (χ0v) is 15.3. The maximum atomic E-state index is 12.5. The van der Waals surface area contributed by atoms with Crippen LogP contribution in [0, 0.1) is 5.92 Å². The molecule has 1 fully saturated rings. The van der Waals surface area contributed by atoms with E-state index in [1.54, 1.807) is 12.1 Å². The summed E-state index contributed by atoms with van der Waals surface area (Å²) in [6.07, 6.45) is 1.09. The fourth-order valence-electron chi connectivity index (χ4n) is 3.40. The molecule has 1 aliphatic rings. The van der Waals surface area contributed by atoms with Gasteiger partial charge in [0.05, 0.1) is 5.25 Å². The van der Waals surface area contributed by atoms with E-state index >= 15 is 0 Å². The Kier molecular flexibility index (Phi) is 4.95. The van der Waals surface area contributed by atoms with Gasteiger partial charge in [-0.2, -0.15) is 0 Å². The van der Waals surface area contributed by atoms with E-state index in [-0.39, 0.29) is 17.1 Å². The highest BCUT2D eigenvalue weighted by Gasteiger charge is 2.42. The van der Waals surface area contributed by atoms with Crippen LogP contribution in [0.1, 0.15) is 37.0 Å². The second-order valence-electron chi connectivity index (χ2n) is 6.85. The van der Waals surface area contributed by atoms with E-state index in [9.17, 15) is 13.2 Å². The molecule has 3 rings (SSSR count). The van der Waals surface area contributed by atoms with E-state index in [2.05, 4.69) is 5.32 Å². The smallest absolute Gasteiger partial charge is 0.252 e. The SMILES string of the molecule is CC(C)C1CCC(NC(=O)c2ccc(-c3ccccc3)cc2)S1(=O)=O. The Hall–Kier alpha value is -2.14. The molecule has 25 heavy (non-hydrogen) atoms. The van der Waals surface area contributed by atoms with Gasteiger partial charge in [0, 0.05) is 5.56 Å². The molecule has 1 amide bonds. The van der Waals surface area contributed by atoms with E-state index in [1.165, 1.54) is 0 Å². The monoisotopic (exact) mass is 357 g/mol. The van der Waals surface area contributed by atoms with Gasteiger partial charge in [0.15, 0.2) is 9.84 Å². The molecule has 0 bridgehead atoms. The highest BCUT2D eigenvalue weighted by atomic mass is 32.2. The third-order valence-corrected chi connectivity index (χ3v) is 7.59. The van der Waals surface area contributed by atoms with Crippen molar-refractivity contribution in [2.45, 2.75) is 37.3 Å². The second kappa shape index (κ2) is 7.00. The number of benzene rings is 2. The number of rotatable bonds is 4. The van der Waals surface area contributed by atoms with E-state index in [4.69, 9.17) is 0 Å². The third-order valence-electron chi connectivity index (χ3n) is 4.82. The van der Waals surface area contributed by atoms with Gasteiger partial charge in [-0.25, -0.2) is 8.42 Å². The predicted octanol–water partition coefficient (Wildman–Crippen LogP) is 3.64. The van der Waals surface area contributed by atoms with Crippen LogP contribution in [0.15, 0.2) is 54.6 Å². The number of hydrogen-bond donors (Lipinski definition) is 1. The van der Waals surface area contributed by atoms with Crippen LogP contribution in [0.3, 0.4) is 0 Å². The molecule has 0 saturated carbocycles. The molecule has 1 aliphatic heterocycles. The summed E-state index contributed by atoms with van der Waals surface area (Å²) in [6, 6.07) is 17.1. The summed E-state index contributed by atoms with van der Waals surface area (Å²) < 4.78 is 25.1. The molecule has 2 aromatic carbocycles. The molecule has 1 N–H and O–H groups in total. The molecule has 132 valence electrons. The average Bonchev–Trinajstić information content (AvgIpc) is 2.90. The van der Waals surface area contributed by atoms with Gasteiger partial charge in [-0.15, -0.1) is 0 Å². The molecular formula is C20H23NO3S. The van der Waals surface area contributed by atoms with E-state index in [0.717, 1.165) is 11.1 Å². The van der Waals surface area contributed by atoms with Crippen molar-refractivity contribution in [1.82, 2.24) is 5.32 Å². The summed E-state index contributed by atoms with van der Waals surface area (Å²) >= 11 is 0. The van der Waals surface area contributed by atoms with Crippen molar-refractivity contribution in [2.75, 3.05) is 0 Å². The largest absolute Gasteiger partial charge is 0.335 e. The van der Waals surface area contributed by atoms with E-state index in [1.807, 2.05) is 56.3 Å². The minimum Gasteiger partial charge on any atom is -0.335 e. The highest BCUT2D eigenvalue weighted by molar-refractivity contribution is 7.92. The predicted molar refractivity (Wildman–Crippen MR) is 99.9 cm³/mol. The van der Waals surface area contributed by atoms with Gasteiger partial charge in [0.25, 0.3) is 5.91 Å². The van der Waals surface area contributed by atoms with Gasteiger partial charge in [0.1, 0.15) is 5.37 Å². The summed E-state index contributed by atoms with van der Waals surface area (Å²) in [4.78, 5) is 12.4. The first-order valence-corrected chi connectivity index (χ1v) is 10.2. The van der Waals surface area contributed by atoms with Gasteiger partial charge in [-0.3, -0.25) is 4.79 Å². The minimum absolute atomic E-state index is 0.0667. The van der Waals surface area contributed by atoms with Crippen molar-refractivity contribution in [2.24, 2.45) is 5.92 Å². The quantitative estimate of drug-likeness (QED) is 0.908. The van der Waals surface area contributed by atoms with Crippen LogP contribution in [0.25, 0.3) is 11.1 Å². The fraction of sp³-hybridized carbons (Fsp3) is 0.350. The van der Waals surface area contributed by atoms with Crippen LogP contribution in [-0.4, -0.2) is 24.9 Å². The van der Waals surface area contributed by atoms with Crippen molar-refractivity contribution in [3.63, 3.8) is 0 Å². The Morgan fingerprint density at radius 1 is 0.960 bits per heavy atom. The summed E-state index contributed by atoms with van der Waals surface area (Å²) in [5.74, 6) is -0.269. The van der Waals surface area contributed by atoms with Crippen LogP contribution < -0.4 is 5.32 Å². The molecule has 0 aliphatic carbocycles. The molecule has 0 spiro atoms. The molecule has 2 unspecified atom stereocenters. The van der Waals surface area contributed by atoms with Crippen molar-refractivity contribution in [3.8, 4) is 11.1 Å². The maximum absolute atomic E-state index is 12.5. The Bertz CT molecular complexity index is 842. The summed E-state index contributed by atoms with van der Waals surface area (Å²) in [5, 5.41) is 1.56. The number of carbonyl (C=O) groups excluding carboxylic acids is 1. The molecule has 0 radical (unpaired) electrons. The highest BCUT2D eigenvalue weighted by Crippen LogP contribution is 2.31. The van der Waals surface area contributed by atoms with Crippen LogP contribution in [-0.2, 0) is 9.84 Å². The topological polar surface area (TPSA) is 63.2 Å². The van der Waals surface area contributed by atoms with Gasteiger partial charge < -0.3 is 5.32 Å². The van der Waals surface area contributed by atoms with Crippen LogP contribution in [0.5, 0.6) is 0 Å². The lowest BCUT2D eigenvalue weighted by Gasteiger charge is -2.17. The third kappa shape index (κ3) is 3.61. The summed E-state index contributed by atoms with van der Waals surface area (Å²) in [5.41, 5.74) is 2.57. The Morgan fingerprint density at radius 3 is 2.12 bits per heavy atom. The van der Waals surface area contributed by atoms with Gasteiger partial charge in [-0.05, 0) is 42.0 Å². The number of hydrogen-bond acceptors (Lipinski definition) is 3. The molecule has 1 saturated heterocycles. The zero-order valence-electron chi connectivity index (χ0n) is 14.5. The Labute approximate surface area is 149 Å². The van der Waals surface area contributed by atoms with E-state index < -0.39 is 15.2 Å². The average molecular weight is 357 g/mol. The van der Waals surface area contributed by atoms with Crippen molar-refractivity contribution in [3.05, 3.63) is 60.2 Å². The van der Waals surface area contributed by atoms with Gasteiger partial charge in [-0.1, -0.05) is 56.3 Å². The summed E-state index contributed by atoms with van der Waals surface area (Å²) in [7, 11) is -3.31. The normalized spacial score (nSPS) is 22.0. The molecule has 2 atom stereocenters. The Balaban J connectivity index is 1.72. The zero-order chi connectivity index (χ0) is 18.0. The fourth-order valence-corrected chi connectivity index (χ4v) is 5.78. The minimum atomic E-state index is -3.31. The number of nitrogens with one attached hydrogen (secondary N) is 1. The first-order chi connectivity index (χ1) is 11.9. The molecule has 4 nitrogen and oxygen atoms in total. The lowest BCUT2D eigenvalue weighted by atomic mass is 10.0. The lowest BCUT2D eigenvalue weighted by molar-refractivity contribution is 0.0948. The van der Waals surface area contributed by atoms with Crippen LogP contribution in [0.2, 0.25) is 0 Å². The molecule has 0 aromatic heterocycles. The molecule has 5 heteroatoms. The van der Waals surface area contributed by atoms with Crippen molar-refractivity contribution in [1.29, 1.82) is 0 Å². The standard InChI is InChI=1S/C20H23NO3S/c1-14(2)18-12-13-19(25(18,23)24)21-20(22)17-10-8-16(9-11-17)15-6-4-3-5-7-15/h3-11,14,18-19H,12-13H2,1-2H3,(H,21,22). The van der Waals surface area contributed by atoms with E-state index in [0.29, 0.717) is 18.4 Å². The van der Waals surface area contributed by atoms with Crippen molar-refractivity contribution >= 4 is 15.7 Å². The maximum Gasteiger partial charge on any atom is 0.252 e. The Morgan fingerprint density at radius 2 is 1.56 bits per heavy atom. The molecule has 1 heterocycles. The summed E-state index contributed by atoms with van der Waals surface area (Å²) in [6.45, 7) is 3.82. The first-order valence-electron chi connectivity index (χ1n) is 8.58. The van der Waals surface area contributed by atoms with Gasteiger partial charge in [0.2, 0.25) is 0 Å². The number of amides is 1. The number of sulfone groups is 1. The lowest BCUT2D eigenvalue weighted by Crippen LogP contribution is -2.40. The van der Waals surface area contributed by atoms with Gasteiger partial charge >= 0.3 is 0 Å². The van der Waals surface area contributed by atoms with Crippen molar-refractivity contribution < 1.29 is 13.2 Å². The number of carbonyl (C=O) groups is 1. The second-order valence-corrected chi connectivity index (χ2v) is 9.21. The van der Waals surface area contributed by atoms with Crippen LogP contribution >= 0.6 is 0 Å². The first kappa shape index (κ1) is 17.7. The molecular weight excluding hydrogens is 334 g/mol.